The molecule has 2 aromatic heterocycles. The summed E-state index contributed by atoms with van der Waals surface area (Å²) in [6, 6.07) is 19.1. The summed E-state index contributed by atoms with van der Waals surface area (Å²) in [5.41, 5.74) is 3.91. The standard InChI is InChI=1S/C28H22N2O5/c1-15-7-6-8-18(12-15)29-28(33)26-24(19-9-4-5-10-22(19)34-26)30-27(32)23-14-21(31)20-13-16(2)11-17(3)25(20)35-23/h4-14H,1-3H3,(H,29,33)(H,30,32). The topological polar surface area (TPSA) is 102 Å². The van der Waals surface area contributed by atoms with Crippen LogP contribution in [0.5, 0.6) is 0 Å². The smallest absolute Gasteiger partial charge is 0.293 e. The van der Waals surface area contributed by atoms with Gasteiger partial charge in [-0.1, -0.05) is 30.3 Å². The highest BCUT2D eigenvalue weighted by molar-refractivity contribution is 6.16. The lowest BCUT2D eigenvalue weighted by molar-refractivity contribution is 0.0996. The van der Waals surface area contributed by atoms with Crippen molar-refractivity contribution in [1.29, 1.82) is 0 Å². The predicted octanol–water partition coefficient (Wildman–Crippen LogP) is 5.97. The summed E-state index contributed by atoms with van der Waals surface area (Å²) in [5.74, 6) is -1.41. The highest BCUT2D eigenvalue weighted by Crippen LogP contribution is 2.32. The third-order valence-electron chi connectivity index (χ3n) is 5.70. The lowest BCUT2D eigenvalue weighted by atomic mass is 10.1. The Morgan fingerprint density at radius 1 is 0.743 bits per heavy atom. The number of carbonyl (C=O) groups excluding carboxylic acids is 2. The van der Waals surface area contributed by atoms with E-state index in [4.69, 9.17) is 8.83 Å². The van der Waals surface area contributed by atoms with E-state index >= 15 is 0 Å². The van der Waals surface area contributed by atoms with Crippen LogP contribution in [0.15, 0.2) is 80.4 Å². The van der Waals surface area contributed by atoms with E-state index in [0.717, 1.165) is 22.8 Å². The van der Waals surface area contributed by atoms with Crippen LogP contribution in [-0.4, -0.2) is 11.8 Å². The maximum atomic E-state index is 13.2. The van der Waals surface area contributed by atoms with E-state index in [1.54, 1.807) is 36.4 Å². The summed E-state index contributed by atoms with van der Waals surface area (Å²) >= 11 is 0. The van der Waals surface area contributed by atoms with Crippen LogP contribution in [0.25, 0.3) is 21.9 Å². The van der Waals surface area contributed by atoms with Crippen LogP contribution in [0, 0.1) is 20.8 Å². The van der Waals surface area contributed by atoms with E-state index in [2.05, 4.69) is 10.6 Å². The van der Waals surface area contributed by atoms with Gasteiger partial charge in [-0.2, -0.15) is 0 Å². The summed E-state index contributed by atoms with van der Waals surface area (Å²) in [7, 11) is 0. The molecule has 35 heavy (non-hydrogen) atoms. The fraction of sp³-hybridized carbons (Fsp3) is 0.107. The van der Waals surface area contributed by atoms with Crippen molar-refractivity contribution in [2.45, 2.75) is 20.8 Å². The number of fused-ring (bicyclic) bond motifs is 2. The van der Waals surface area contributed by atoms with Crippen molar-refractivity contribution in [3.63, 3.8) is 0 Å². The Hall–Kier alpha value is -4.65. The van der Waals surface area contributed by atoms with Crippen molar-refractivity contribution in [3.05, 3.63) is 105 Å². The Morgan fingerprint density at radius 2 is 1.54 bits per heavy atom. The molecule has 0 atom stereocenters. The number of carbonyl (C=O) groups is 2. The number of hydrogen-bond donors (Lipinski definition) is 2. The van der Waals surface area contributed by atoms with Gasteiger partial charge in [0, 0.05) is 17.1 Å². The number of hydrogen-bond acceptors (Lipinski definition) is 5. The minimum absolute atomic E-state index is 0.0593. The van der Waals surface area contributed by atoms with E-state index in [-0.39, 0.29) is 22.6 Å². The average molecular weight is 466 g/mol. The zero-order chi connectivity index (χ0) is 24.7. The maximum absolute atomic E-state index is 13.2. The molecular formula is C28H22N2O5. The lowest BCUT2D eigenvalue weighted by Crippen LogP contribution is -2.18. The lowest BCUT2D eigenvalue weighted by Gasteiger charge is -2.09. The average Bonchev–Trinajstić information content (AvgIpc) is 3.18. The molecule has 0 aliphatic rings. The minimum Gasteiger partial charge on any atom is -0.450 e. The summed E-state index contributed by atoms with van der Waals surface area (Å²) < 4.78 is 11.6. The van der Waals surface area contributed by atoms with E-state index in [9.17, 15) is 14.4 Å². The van der Waals surface area contributed by atoms with Gasteiger partial charge in [-0.3, -0.25) is 14.4 Å². The van der Waals surface area contributed by atoms with Gasteiger partial charge in [0.05, 0.1) is 5.39 Å². The van der Waals surface area contributed by atoms with Gasteiger partial charge in [-0.15, -0.1) is 0 Å². The molecule has 7 heteroatoms. The second-order valence-electron chi connectivity index (χ2n) is 8.51. The Balaban J connectivity index is 1.54. The van der Waals surface area contributed by atoms with E-state index in [0.29, 0.717) is 27.6 Å². The molecule has 5 rings (SSSR count). The quantitative estimate of drug-likeness (QED) is 0.340. The van der Waals surface area contributed by atoms with Gasteiger partial charge in [0.25, 0.3) is 11.8 Å². The molecule has 3 aromatic carbocycles. The van der Waals surface area contributed by atoms with Crippen molar-refractivity contribution in [2.24, 2.45) is 0 Å². The minimum atomic E-state index is -0.667. The monoisotopic (exact) mass is 466 g/mol. The van der Waals surface area contributed by atoms with E-state index in [1.165, 1.54) is 0 Å². The van der Waals surface area contributed by atoms with Gasteiger partial charge in [-0.25, -0.2) is 0 Å². The Morgan fingerprint density at radius 3 is 2.34 bits per heavy atom. The number of benzene rings is 3. The van der Waals surface area contributed by atoms with Crippen molar-refractivity contribution in [3.8, 4) is 0 Å². The number of nitrogens with one attached hydrogen (secondary N) is 2. The second kappa shape index (κ2) is 8.61. The van der Waals surface area contributed by atoms with Crippen LogP contribution in [0.3, 0.4) is 0 Å². The first-order valence-electron chi connectivity index (χ1n) is 11.1. The molecule has 2 heterocycles. The molecule has 2 N–H and O–H groups in total. The number of aryl methyl sites for hydroxylation is 3. The van der Waals surface area contributed by atoms with Crippen LogP contribution in [0.1, 0.15) is 37.8 Å². The summed E-state index contributed by atoms with van der Waals surface area (Å²) in [5, 5.41) is 6.48. The van der Waals surface area contributed by atoms with E-state index < -0.39 is 11.8 Å². The highest BCUT2D eigenvalue weighted by atomic mass is 16.4. The Labute approximate surface area is 200 Å². The van der Waals surface area contributed by atoms with Gasteiger partial charge in [0.1, 0.15) is 16.9 Å². The normalized spacial score (nSPS) is 11.1. The van der Waals surface area contributed by atoms with Crippen molar-refractivity contribution in [2.75, 3.05) is 10.6 Å². The molecule has 0 bridgehead atoms. The van der Waals surface area contributed by atoms with Crippen LogP contribution < -0.4 is 16.1 Å². The van der Waals surface area contributed by atoms with E-state index in [1.807, 2.05) is 45.0 Å². The predicted molar refractivity (Wildman–Crippen MR) is 135 cm³/mol. The van der Waals surface area contributed by atoms with Crippen molar-refractivity contribution in [1.82, 2.24) is 0 Å². The van der Waals surface area contributed by atoms with Crippen LogP contribution in [0.4, 0.5) is 11.4 Å². The first-order valence-corrected chi connectivity index (χ1v) is 11.1. The highest BCUT2D eigenvalue weighted by Gasteiger charge is 2.24. The SMILES string of the molecule is Cc1cccc(NC(=O)c2oc3ccccc3c2NC(=O)c2cc(=O)c3cc(C)cc(C)c3o2)c1. The molecule has 2 amide bonds. The van der Waals surface area contributed by atoms with Crippen LogP contribution in [0.2, 0.25) is 0 Å². The van der Waals surface area contributed by atoms with Crippen molar-refractivity contribution >= 4 is 45.1 Å². The summed E-state index contributed by atoms with van der Waals surface area (Å²) in [6.45, 7) is 5.62. The molecule has 0 fully saturated rings. The Bertz CT molecular complexity index is 1690. The number of para-hydroxylation sites is 1. The summed E-state index contributed by atoms with van der Waals surface area (Å²) in [6.07, 6.45) is 0. The van der Waals surface area contributed by atoms with Crippen LogP contribution in [-0.2, 0) is 0 Å². The molecule has 5 aromatic rings. The Kier molecular flexibility index (Phi) is 5.45. The number of furan rings is 1. The molecule has 0 saturated carbocycles. The van der Waals surface area contributed by atoms with Gasteiger partial charge in [0.2, 0.25) is 5.76 Å². The summed E-state index contributed by atoms with van der Waals surface area (Å²) in [4.78, 5) is 39.0. The maximum Gasteiger partial charge on any atom is 0.293 e. The van der Waals surface area contributed by atoms with Gasteiger partial charge in [0.15, 0.2) is 11.2 Å². The number of rotatable bonds is 4. The first-order chi connectivity index (χ1) is 16.8. The van der Waals surface area contributed by atoms with Gasteiger partial charge >= 0.3 is 0 Å². The molecule has 0 aliphatic carbocycles. The largest absolute Gasteiger partial charge is 0.450 e. The van der Waals surface area contributed by atoms with Crippen molar-refractivity contribution < 1.29 is 18.4 Å². The fourth-order valence-corrected chi connectivity index (χ4v) is 4.14. The molecule has 174 valence electrons. The molecule has 0 aliphatic heterocycles. The molecule has 0 spiro atoms. The third kappa shape index (κ3) is 4.19. The zero-order valence-corrected chi connectivity index (χ0v) is 19.4. The van der Waals surface area contributed by atoms with Gasteiger partial charge < -0.3 is 19.5 Å². The number of anilines is 2. The second-order valence-corrected chi connectivity index (χ2v) is 8.51. The zero-order valence-electron chi connectivity index (χ0n) is 19.4. The van der Waals surface area contributed by atoms with Crippen LogP contribution >= 0.6 is 0 Å². The molecule has 0 unspecified atom stereocenters. The fourth-order valence-electron chi connectivity index (χ4n) is 4.14. The molecule has 0 radical (unpaired) electrons. The molecule has 0 saturated heterocycles. The first kappa shape index (κ1) is 22.2. The number of amides is 2. The molecule has 7 nitrogen and oxygen atoms in total. The van der Waals surface area contributed by atoms with Gasteiger partial charge in [-0.05, 0) is 67.8 Å². The molecular weight excluding hydrogens is 444 g/mol. The third-order valence-corrected chi connectivity index (χ3v) is 5.70.